The highest BCUT2D eigenvalue weighted by molar-refractivity contribution is 6.14. The summed E-state index contributed by atoms with van der Waals surface area (Å²) >= 11 is 0. The third-order valence-electron chi connectivity index (χ3n) is 1.67. The van der Waals surface area contributed by atoms with Crippen LogP contribution in [0.3, 0.4) is 0 Å². The first kappa shape index (κ1) is 6.30. The van der Waals surface area contributed by atoms with Gasteiger partial charge in [0, 0.05) is 22.1 Å². The van der Waals surface area contributed by atoms with Gasteiger partial charge in [-0.3, -0.25) is 0 Å². The van der Waals surface area contributed by atoms with Crippen LogP contribution in [0.5, 0.6) is 0 Å². The molecule has 0 aromatic rings. The second-order valence-electron chi connectivity index (χ2n) is 3.07. The van der Waals surface area contributed by atoms with Crippen molar-refractivity contribution in [2.75, 3.05) is 6.61 Å². The third-order valence-corrected chi connectivity index (χ3v) is 2.45. The molecule has 0 spiro atoms. The average Bonchev–Trinajstić information content (AvgIpc) is 1.65. The zero-order chi connectivity index (χ0) is 6.04. The zero-order valence-electron chi connectivity index (χ0n) is 6.74. The fourth-order valence-corrected chi connectivity index (χ4v) is 1.63. The van der Waals surface area contributed by atoms with Gasteiger partial charge >= 0.3 is 1.43 Å². The summed E-state index contributed by atoms with van der Waals surface area (Å²) in [5.41, 5.74) is 0. The molecule has 8 heavy (non-hydrogen) atoms. The molecule has 1 unspecified atom stereocenters. The van der Waals surface area contributed by atoms with Gasteiger partial charge in [0.25, 0.3) is 0 Å². The largest absolute Gasteiger partial charge is 1.00 e. The van der Waals surface area contributed by atoms with E-state index in [0.29, 0.717) is 5.22 Å². The van der Waals surface area contributed by atoms with Crippen LogP contribution in [-0.2, 0) is 4.74 Å². The lowest BCUT2D eigenvalue weighted by Crippen LogP contribution is -2.32. The molecule has 0 radical (unpaired) electrons. The highest BCUT2D eigenvalue weighted by Gasteiger charge is 2.20. The van der Waals surface area contributed by atoms with Crippen LogP contribution in [0.2, 0.25) is 0 Å². The molecule has 1 rings (SSSR count). The lowest BCUT2D eigenvalue weighted by Gasteiger charge is -2.29. The van der Waals surface area contributed by atoms with Crippen LogP contribution in [0, 0.1) is 0 Å². The van der Waals surface area contributed by atoms with Crippen molar-refractivity contribution in [1.82, 2.24) is 0 Å². The third kappa shape index (κ3) is 1.60. The molecule has 0 saturated carbocycles. The summed E-state index contributed by atoms with van der Waals surface area (Å²) in [4.78, 5) is 0. The Bertz CT molecular complexity index is 77.1. The molecule has 1 aliphatic heterocycles. The molecule has 1 nitrogen and oxygen atoms in total. The minimum atomic E-state index is 0. The second kappa shape index (κ2) is 2.19. The van der Waals surface area contributed by atoms with E-state index in [9.17, 15) is 0 Å². The van der Waals surface area contributed by atoms with Gasteiger partial charge in [-0.2, -0.15) is 0 Å². The summed E-state index contributed by atoms with van der Waals surface area (Å²) < 4.78 is 5.53. The highest BCUT2D eigenvalue weighted by atomic mass is 28.1. The first-order chi connectivity index (χ1) is 3.71. The molecule has 2 heteroatoms. The number of hydrogen-bond acceptors (Lipinski definition) is 1. The van der Waals surface area contributed by atoms with Crippen LogP contribution < -0.4 is 0 Å². The van der Waals surface area contributed by atoms with Crippen LogP contribution in [-0.4, -0.2) is 22.1 Å². The Morgan fingerprint density at radius 3 is 2.62 bits per heavy atom. The van der Waals surface area contributed by atoms with Gasteiger partial charge in [-0.25, -0.2) is 0 Å². The first-order valence-corrected chi connectivity index (χ1v) is 4.35. The molecule has 1 heterocycles. The van der Waals surface area contributed by atoms with Crippen molar-refractivity contribution in [2.24, 2.45) is 0 Å². The Labute approximate surface area is 55.3 Å². The Morgan fingerprint density at radius 1 is 1.62 bits per heavy atom. The van der Waals surface area contributed by atoms with Crippen LogP contribution >= 0.6 is 0 Å². The average molecular weight is 131 g/mol. The molecule has 0 bridgehead atoms. The number of rotatable bonds is 0. The molecule has 1 saturated heterocycles. The Morgan fingerprint density at radius 2 is 2.38 bits per heavy atom. The summed E-state index contributed by atoms with van der Waals surface area (Å²) in [6.07, 6.45) is 3.94. The van der Waals surface area contributed by atoms with Crippen molar-refractivity contribution in [2.45, 2.75) is 31.4 Å². The lowest BCUT2D eigenvalue weighted by atomic mass is 10.1. The summed E-state index contributed by atoms with van der Waals surface area (Å²) in [6.45, 7) is 3.22. The maximum Gasteiger partial charge on any atom is 1.00 e. The number of hydrogen-bond donors (Lipinski definition) is 0. The zero-order valence-corrected chi connectivity index (χ0v) is 7.74. The van der Waals surface area contributed by atoms with Crippen LogP contribution in [0.25, 0.3) is 0 Å². The predicted octanol–water partition coefficient (Wildman–Crippen LogP) is 0.381. The fourth-order valence-electron chi connectivity index (χ4n) is 1.07. The standard InChI is InChI=1S/C6H14OSi/c1-6(8)4-2-3-5-7-6/h2-5H2,1,8H3/p+1. The SMILES string of the molecule is CC1([SiH3])CCCCO1.[H+]. The summed E-state index contributed by atoms with van der Waals surface area (Å²) in [6, 6.07) is 0. The van der Waals surface area contributed by atoms with E-state index in [1.165, 1.54) is 29.5 Å². The van der Waals surface area contributed by atoms with Crippen molar-refractivity contribution in [3.8, 4) is 0 Å². The van der Waals surface area contributed by atoms with Gasteiger partial charge in [0.2, 0.25) is 0 Å². The molecule has 0 amide bonds. The quantitative estimate of drug-likeness (QED) is 0.432. The molecule has 48 valence electrons. The van der Waals surface area contributed by atoms with Crippen molar-refractivity contribution < 1.29 is 6.16 Å². The van der Waals surface area contributed by atoms with Gasteiger partial charge in [0.05, 0.1) is 0 Å². The number of ether oxygens (including phenoxy) is 1. The molecule has 0 aromatic carbocycles. The molecule has 0 aromatic heterocycles. The van der Waals surface area contributed by atoms with E-state index in [1.807, 2.05) is 0 Å². The second-order valence-corrected chi connectivity index (χ2v) is 5.18. The topological polar surface area (TPSA) is 9.23 Å². The Kier molecular flexibility index (Phi) is 1.73. The van der Waals surface area contributed by atoms with E-state index < -0.39 is 0 Å². The molecule has 0 N–H and O–H groups in total. The van der Waals surface area contributed by atoms with E-state index in [1.54, 1.807) is 0 Å². The summed E-state index contributed by atoms with van der Waals surface area (Å²) in [5, 5.41) is 0.318. The van der Waals surface area contributed by atoms with Gasteiger partial charge < -0.3 is 4.74 Å². The maximum atomic E-state index is 5.53. The van der Waals surface area contributed by atoms with Crippen molar-refractivity contribution in [3.05, 3.63) is 0 Å². The normalized spacial score (nSPS) is 40.1. The van der Waals surface area contributed by atoms with E-state index >= 15 is 0 Å². The van der Waals surface area contributed by atoms with E-state index in [4.69, 9.17) is 4.74 Å². The van der Waals surface area contributed by atoms with Gasteiger partial charge in [-0.05, 0) is 26.2 Å². The first-order valence-electron chi connectivity index (χ1n) is 3.35. The lowest BCUT2D eigenvalue weighted by molar-refractivity contribution is -0.00436. The summed E-state index contributed by atoms with van der Waals surface area (Å²) in [5.74, 6) is 0. The van der Waals surface area contributed by atoms with Crippen LogP contribution in [0.4, 0.5) is 0 Å². The molecule has 0 aliphatic carbocycles. The minimum absolute atomic E-state index is 0. The maximum absolute atomic E-state index is 5.53. The minimum Gasteiger partial charge on any atom is -0.380 e. The van der Waals surface area contributed by atoms with Crippen LogP contribution in [0.1, 0.15) is 27.6 Å². The smallest absolute Gasteiger partial charge is 0.380 e. The Balaban J connectivity index is 0.000000640. The van der Waals surface area contributed by atoms with Gasteiger partial charge in [-0.1, -0.05) is 0 Å². The van der Waals surface area contributed by atoms with Crippen molar-refractivity contribution >= 4 is 10.2 Å². The van der Waals surface area contributed by atoms with E-state index in [-0.39, 0.29) is 1.43 Å². The van der Waals surface area contributed by atoms with Crippen LogP contribution in [0.15, 0.2) is 0 Å². The van der Waals surface area contributed by atoms with Gasteiger partial charge in [0.15, 0.2) is 0 Å². The highest BCUT2D eigenvalue weighted by Crippen LogP contribution is 2.19. The molecule has 1 fully saturated rings. The summed E-state index contributed by atoms with van der Waals surface area (Å²) in [7, 11) is 1.19. The van der Waals surface area contributed by atoms with Crippen molar-refractivity contribution in [3.63, 3.8) is 0 Å². The molecular formula is C6H15OSi+. The molecule has 1 aliphatic rings. The molecular weight excluding hydrogens is 116 g/mol. The Hall–Kier alpha value is 0.177. The monoisotopic (exact) mass is 131 g/mol. The predicted molar refractivity (Wildman–Crippen MR) is 39.3 cm³/mol. The van der Waals surface area contributed by atoms with Crippen molar-refractivity contribution in [1.29, 1.82) is 0 Å². The molecule has 1 atom stereocenters. The fraction of sp³-hybridized carbons (Fsp3) is 1.00. The van der Waals surface area contributed by atoms with Gasteiger partial charge in [-0.15, -0.1) is 0 Å². The van der Waals surface area contributed by atoms with E-state index in [2.05, 4.69) is 6.92 Å². The van der Waals surface area contributed by atoms with Gasteiger partial charge in [0.1, 0.15) is 0 Å². The van der Waals surface area contributed by atoms with E-state index in [0.717, 1.165) is 6.61 Å².